The number of carbonyl (C=O) groups excluding carboxylic acids is 1. The predicted octanol–water partition coefficient (Wildman–Crippen LogP) is 2.18. The normalized spacial score (nSPS) is 23.6. The molecule has 0 spiro atoms. The van der Waals surface area contributed by atoms with Gasteiger partial charge in [0.05, 0.1) is 6.61 Å². The second-order valence-corrected chi connectivity index (χ2v) is 4.15. The highest BCUT2D eigenvalue weighted by Crippen LogP contribution is 2.27. The Bertz CT molecular complexity index is 391. The highest BCUT2D eigenvalue weighted by Gasteiger charge is 2.30. The van der Waals surface area contributed by atoms with E-state index >= 15 is 0 Å². The minimum Gasteiger partial charge on any atom is -0.465 e. The van der Waals surface area contributed by atoms with Crippen LogP contribution in [-0.4, -0.2) is 18.6 Å². The lowest BCUT2D eigenvalue weighted by molar-refractivity contribution is -0.145. The van der Waals surface area contributed by atoms with E-state index in [2.05, 4.69) is 5.32 Å². The molecule has 1 N–H and O–H groups in total. The maximum Gasteiger partial charge on any atom is 0.323 e. The van der Waals surface area contributed by atoms with Gasteiger partial charge in [-0.3, -0.25) is 10.1 Å². The maximum atomic E-state index is 12.8. The SMILES string of the molecule is CCOC(=O)[C@@H]1CC[C@@H](c2ccc(F)cc2)N1. The standard InChI is InChI=1S/C13H16FNO2/c1-2-17-13(16)12-8-7-11(15-12)9-3-5-10(14)6-4-9/h3-6,11-12,15H,2,7-8H2,1H3/t11-,12-/m0/s1. The van der Waals surface area contributed by atoms with Crippen molar-refractivity contribution >= 4 is 5.97 Å². The monoisotopic (exact) mass is 237 g/mol. The molecule has 1 aromatic carbocycles. The lowest BCUT2D eigenvalue weighted by Crippen LogP contribution is -2.33. The molecule has 0 saturated carbocycles. The molecule has 1 aliphatic rings. The fraction of sp³-hybridized carbons (Fsp3) is 0.462. The van der Waals surface area contributed by atoms with Crippen molar-refractivity contribution in [1.82, 2.24) is 5.32 Å². The van der Waals surface area contributed by atoms with E-state index in [1.54, 1.807) is 19.1 Å². The van der Waals surface area contributed by atoms with Gasteiger partial charge in [0.15, 0.2) is 0 Å². The fourth-order valence-electron chi connectivity index (χ4n) is 2.13. The van der Waals surface area contributed by atoms with Crippen molar-refractivity contribution in [3.8, 4) is 0 Å². The van der Waals surface area contributed by atoms with Gasteiger partial charge >= 0.3 is 5.97 Å². The maximum absolute atomic E-state index is 12.8. The number of carbonyl (C=O) groups is 1. The first kappa shape index (κ1) is 12.0. The van der Waals surface area contributed by atoms with Crippen LogP contribution in [0.5, 0.6) is 0 Å². The Morgan fingerprint density at radius 2 is 2.12 bits per heavy atom. The van der Waals surface area contributed by atoms with Gasteiger partial charge in [-0.05, 0) is 37.5 Å². The predicted molar refractivity (Wildman–Crippen MR) is 61.9 cm³/mol. The summed E-state index contributed by atoms with van der Waals surface area (Å²) in [5, 5.41) is 3.21. The molecule has 0 aromatic heterocycles. The van der Waals surface area contributed by atoms with Gasteiger partial charge < -0.3 is 4.74 Å². The third kappa shape index (κ3) is 2.82. The number of hydrogen-bond donors (Lipinski definition) is 1. The largest absolute Gasteiger partial charge is 0.465 e. The zero-order valence-electron chi connectivity index (χ0n) is 9.78. The van der Waals surface area contributed by atoms with E-state index in [9.17, 15) is 9.18 Å². The Kier molecular flexibility index (Phi) is 3.74. The molecular weight excluding hydrogens is 221 g/mol. The third-order valence-electron chi connectivity index (χ3n) is 2.99. The minimum atomic E-state index is -0.242. The number of ether oxygens (including phenoxy) is 1. The molecule has 1 aromatic rings. The van der Waals surface area contributed by atoms with E-state index in [-0.39, 0.29) is 23.9 Å². The Morgan fingerprint density at radius 3 is 2.76 bits per heavy atom. The van der Waals surface area contributed by atoms with Gasteiger partial charge in [0, 0.05) is 6.04 Å². The van der Waals surface area contributed by atoms with Gasteiger partial charge in [-0.1, -0.05) is 12.1 Å². The molecule has 0 aliphatic carbocycles. The van der Waals surface area contributed by atoms with E-state index in [1.807, 2.05) is 0 Å². The third-order valence-corrected chi connectivity index (χ3v) is 2.99. The van der Waals surface area contributed by atoms with Crippen LogP contribution in [0.15, 0.2) is 24.3 Å². The molecule has 0 bridgehead atoms. The van der Waals surface area contributed by atoms with Crippen molar-refractivity contribution in [2.45, 2.75) is 31.8 Å². The van der Waals surface area contributed by atoms with Crippen LogP contribution >= 0.6 is 0 Å². The summed E-state index contributed by atoms with van der Waals surface area (Å²) in [5.74, 6) is -0.439. The van der Waals surface area contributed by atoms with Crippen LogP contribution in [0, 0.1) is 5.82 Å². The van der Waals surface area contributed by atoms with Crippen molar-refractivity contribution in [2.75, 3.05) is 6.61 Å². The lowest BCUT2D eigenvalue weighted by Gasteiger charge is -2.13. The molecule has 1 fully saturated rings. The molecule has 2 atom stereocenters. The van der Waals surface area contributed by atoms with E-state index in [0.717, 1.165) is 18.4 Å². The summed E-state index contributed by atoms with van der Waals surface area (Å²) in [6.07, 6.45) is 1.63. The fourth-order valence-corrected chi connectivity index (χ4v) is 2.13. The van der Waals surface area contributed by atoms with E-state index in [1.165, 1.54) is 12.1 Å². The smallest absolute Gasteiger partial charge is 0.323 e. The second-order valence-electron chi connectivity index (χ2n) is 4.15. The molecule has 4 heteroatoms. The van der Waals surface area contributed by atoms with Crippen LogP contribution in [-0.2, 0) is 9.53 Å². The van der Waals surface area contributed by atoms with E-state index in [0.29, 0.717) is 6.61 Å². The summed E-state index contributed by atoms with van der Waals surface area (Å²) in [6.45, 7) is 2.20. The molecule has 1 aliphatic heterocycles. The first-order chi connectivity index (χ1) is 8.20. The van der Waals surface area contributed by atoms with Gasteiger partial charge in [-0.2, -0.15) is 0 Å². The second kappa shape index (κ2) is 5.27. The Labute approximate surface area is 100.0 Å². The van der Waals surface area contributed by atoms with Crippen LogP contribution in [0.1, 0.15) is 31.4 Å². The molecule has 3 nitrogen and oxygen atoms in total. The van der Waals surface area contributed by atoms with Gasteiger partial charge in [0.1, 0.15) is 11.9 Å². The van der Waals surface area contributed by atoms with Crippen LogP contribution < -0.4 is 5.32 Å². The quantitative estimate of drug-likeness (QED) is 0.819. The van der Waals surface area contributed by atoms with Gasteiger partial charge in [0.25, 0.3) is 0 Å². The van der Waals surface area contributed by atoms with E-state index < -0.39 is 0 Å². The van der Waals surface area contributed by atoms with E-state index in [4.69, 9.17) is 4.74 Å². The first-order valence-corrected chi connectivity index (χ1v) is 5.89. The molecule has 0 amide bonds. The van der Waals surface area contributed by atoms with Gasteiger partial charge in [-0.15, -0.1) is 0 Å². The average molecular weight is 237 g/mol. The molecule has 0 radical (unpaired) electrons. The van der Waals surface area contributed by atoms with Gasteiger partial charge in [0.2, 0.25) is 0 Å². The summed E-state index contributed by atoms with van der Waals surface area (Å²) in [4.78, 5) is 11.5. The highest BCUT2D eigenvalue weighted by atomic mass is 19.1. The van der Waals surface area contributed by atoms with Crippen LogP contribution in [0.4, 0.5) is 4.39 Å². The van der Waals surface area contributed by atoms with Crippen molar-refractivity contribution in [2.24, 2.45) is 0 Å². The van der Waals surface area contributed by atoms with Crippen LogP contribution in [0.2, 0.25) is 0 Å². The molecule has 92 valence electrons. The lowest BCUT2D eigenvalue weighted by atomic mass is 10.1. The van der Waals surface area contributed by atoms with Crippen molar-refractivity contribution < 1.29 is 13.9 Å². The van der Waals surface area contributed by atoms with Crippen molar-refractivity contribution in [1.29, 1.82) is 0 Å². The Morgan fingerprint density at radius 1 is 1.41 bits per heavy atom. The average Bonchev–Trinajstić information content (AvgIpc) is 2.80. The molecule has 2 rings (SSSR count). The Hall–Kier alpha value is -1.42. The summed E-state index contributed by atoms with van der Waals surface area (Å²) in [7, 11) is 0. The molecule has 17 heavy (non-hydrogen) atoms. The summed E-state index contributed by atoms with van der Waals surface area (Å²) >= 11 is 0. The van der Waals surface area contributed by atoms with Crippen molar-refractivity contribution in [3.63, 3.8) is 0 Å². The van der Waals surface area contributed by atoms with Crippen LogP contribution in [0.3, 0.4) is 0 Å². The number of rotatable bonds is 3. The number of halogens is 1. The van der Waals surface area contributed by atoms with Crippen LogP contribution in [0.25, 0.3) is 0 Å². The number of esters is 1. The zero-order chi connectivity index (χ0) is 12.3. The molecule has 1 saturated heterocycles. The highest BCUT2D eigenvalue weighted by molar-refractivity contribution is 5.76. The number of hydrogen-bond acceptors (Lipinski definition) is 3. The molecular formula is C13H16FNO2. The minimum absolute atomic E-state index is 0.116. The molecule has 1 heterocycles. The van der Waals surface area contributed by atoms with Gasteiger partial charge in [-0.25, -0.2) is 4.39 Å². The zero-order valence-corrected chi connectivity index (χ0v) is 9.78. The first-order valence-electron chi connectivity index (χ1n) is 5.89. The topological polar surface area (TPSA) is 38.3 Å². The molecule has 0 unspecified atom stereocenters. The summed E-state index contributed by atoms with van der Waals surface area (Å²) < 4.78 is 17.8. The summed E-state index contributed by atoms with van der Waals surface area (Å²) in [6, 6.07) is 6.26. The van der Waals surface area contributed by atoms with Crippen molar-refractivity contribution in [3.05, 3.63) is 35.6 Å². The Balaban J connectivity index is 1.98. The number of benzene rings is 1. The summed E-state index contributed by atoms with van der Waals surface area (Å²) in [5.41, 5.74) is 1.01. The number of nitrogens with one attached hydrogen (secondary N) is 1.